The van der Waals surface area contributed by atoms with Gasteiger partial charge in [-0.05, 0) is 99.9 Å². The molecule has 7 atom stereocenters. The van der Waals surface area contributed by atoms with Crippen LogP contribution >= 0.6 is 0 Å². The molecule has 4 aliphatic carbocycles. The minimum atomic E-state index is -0.187. The van der Waals surface area contributed by atoms with Gasteiger partial charge in [-0.3, -0.25) is 0 Å². The van der Waals surface area contributed by atoms with Gasteiger partial charge in [0, 0.05) is 11.1 Å². The highest BCUT2D eigenvalue weighted by atomic mass is 16.3. The average molecular weight is 409 g/mol. The summed E-state index contributed by atoms with van der Waals surface area (Å²) in [6.07, 6.45) is 15.9. The molecule has 5 N–H and O–H groups in total. The molecule has 30 heavy (non-hydrogen) atoms. The number of unbranched alkanes of at least 4 members (excludes halogenated alkanes) is 1. The van der Waals surface area contributed by atoms with Crippen molar-refractivity contribution < 1.29 is 5.11 Å². The van der Waals surface area contributed by atoms with Gasteiger partial charge in [0.1, 0.15) is 0 Å². The molecule has 0 saturated heterocycles. The number of hydrogen-bond donors (Lipinski definition) is 3. The second kappa shape index (κ2) is 8.07. The standard InChI is InChI=1S/C27H40N2O/c28-26-17-15-25-23(12-10-21-18-22(30)14-16-27(21,25)29)24(26)13-11-20(26)9-5-4-8-19-6-2-1-3-7-19/h1-3,6-7,10,20,22-25,30H,4-5,8-9,11-18,28-29H2. The molecule has 3 fully saturated rings. The summed E-state index contributed by atoms with van der Waals surface area (Å²) < 4.78 is 0. The van der Waals surface area contributed by atoms with E-state index in [0.717, 1.165) is 32.1 Å². The number of nitrogens with two attached hydrogens (primary N) is 2. The molecule has 0 aromatic heterocycles. The Bertz CT molecular complexity index is 776. The summed E-state index contributed by atoms with van der Waals surface area (Å²) in [5.41, 5.74) is 17.0. The Balaban J connectivity index is 1.23. The summed E-state index contributed by atoms with van der Waals surface area (Å²) in [6.45, 7) is 0. The van der Waals surface area contributed by atoms with Gasteiger partial charge in [-0.2, -0.15) is 0 Å². The van der Waals surface area contributed by atoms with Crippen molar-refractivity contribution in [3.63, 3.8) is 0 Å². The van der Waals surface area contributed by atoms with Crippen molar-refractivity contribution in [1.29, 1.82) is 0 Å². The molecule has 0 radical (unpaired) electrons. The highest BCUT2D eigenvalue weighted by Gasteiger charge is 2.59. The molecular formula is C27H40N2O. The minimum Gasteiger partial charge on any atom is -0.393 e. The van der Waals surface area contributed by atoms with Gasteiger partial charge in [-0.1, -0.05) is 48.4 Å². The zero-order valence-corrected chi connectivity index (χ0v) is 18.4. The van der Waals surface area contributed by atoms with E-state index < -0.39 is 0 Å². The first-order chi connectivity index (χ1) is 14.5. The zero-order valence-electron chi connectivity index (χ0n) is 18.4. The largest absolute Gasteiger partial charge is 0.393 e. The van der Waals surface area contributed by atoms with Crippen LogP contribution < -0.4 is 11.5 Å². The summed E-state index contributed by atoms with van der Waals surface area (Å²) >= 11 is 0. The van der Waals surface area contributed by atoms with Crippen LogP contribution in [0.15, 0.2) is 42.0 Å². The van der Waals surface area contributed by atoms with E-state index in [1.807, 2.05) is 0 Å². The molecule has 0 bridgehead atoms. The Morgan fingerprint density at radius 1 is 0.933 bits per heavy atom. The molecule has 0 heterocycles. The lowest BCUT2D eigenvalue weighted by molar-refractivity contribution is 0.00588. The number of rotatable bonds is 5. The molecule has 4 aliphatic rings. The second-order valence-corrected chi connectivity index (χ2v) is 10.9. The van der Waals surface area contributed by atoms with Crippen LogP contribution in [-0.4, -0.2) is 22.3 Å². The van der Waals surface area contributed by atoms with Crippen LogP contribution in [0.2, 0.25) is 0 Å². The summed E-state index contributed by atoms with van der Waals surface area (Å²) in [5.74, 6) is 2.55. The summed E-state index contributed by atoms with van der Waals surface area (Å²) in [4.78, 5) is 0. The SMILES string of the molecule is NC12CCC(O)CC1=CCC1C2CCC2(N)C(CCCCc3ccccc3)CCC12. The first kappa shape index (κ1) is 20.7. The quantitative estimate of drug-likeness (QED) is 0.487. The summed E-state index contributed by atoms with van der Waals surface area (Å²) in [5, 5.41) is 10.1. The smallest absolute Gasteiger partial charge is 0.0578 e. The van der Waals surface area contributed by atoms with E-state index in [4.69, 9.17) is 11.5 Å². The number of benzene rings is 1. The minimum absolute atomic E-state index is 0.0315. The lowest BCUT2D eigenvalue weighted by Crippen LogP contribution is -2.63. The van der Waals surface area contributed by atoms with Gasteiger partial charge in [-0.15, -0.1) is 0 Å². The number of hydrogen-bond acceptors (Lipinski definition) is 3. The third-order valence-electron chi connectivity index (χ3n) is 9.55. The number of fused-ring (bicyclic) bond motifs is 5. The van der Waals surface area contributed by atoms with Gasteiger partial charge in [0.2, 0.25) is 0 Å². The molecule has 1 aromatic carbocycles. The van der Waals surface area contributed by atoms with Crippen LogP contribution in [0.5, 0.6) is 0 Å². The van der Waals surface area contributed by atoms with Crippen molar-refractivity contribution in [2.24, 2.45) is 35.1 Å². The first-order valence-corrected chi connectivity index (χ1v) is 12.5. The van der Waals surface area contributed by atoms with Crippen molar-refractivity contribution >= 4 is 0 Å². The average Bonchev–Trinajstić information content (AvgIpc) is 3.09. The molecule has 164 valence electrons. The first-order valence-electron chi connectivity index (χ1n) is 12.5. The van der Waals surface area contributed by atoms with Crippen LogP contribution in [0, 0.1) is 23.7 Å². The van der Waals surface area contributed by atoms with Crippen LogP contribution in [0.3, 0.4) is 0 Å². The van der Waals surface area contributed by atoms with Crippen LogP contribution in [0.4, 0.5) is 0 Å². The maximum Gasteiger partial charge on any atom is 0.0578 e. The Morgan fingerprint density at radius 3 is 2.60 bits per heavy atom. The predicted molar refractivity (Wildman–Crippen MR) is 123 cm³/mol. The number of aliphatic hydroxyl groups excluding tert-OH is 1. The van der Waals surface area contributed by atoms with Crippen molar-refractivity contribution in [2.45, 2.75) is 94.2 Å². The van der Waals surface area contributed by atoms with Gasteiger partial charge >= 0.3 is 0 Å². The van der Waals surface area contributed by atoms with Crippen molar-refractivity contribution in [3.8, 4) is 0 Å². The summed E-state index contributed by atoms with van der Waals surface area (Å²) in [6, 6.07) is 10.9. The third-order valence-corrected chi connectivity index (χ3v) is 9.55. The molecule has 0 spiro atoms. The van der Waals surface area contributed by atoms with E-state index in [1.165, 1.54) is 56.1 Å². The van der Waals surface area contributed by atoms with Gasteiger partial charge < -0.3 is 16.6 Å². The highest BCUT2D eigenvalue weighted by molar-refractivity contribution is 5.31. The Labute approximate surface area is 182 Å². The fourth-order valence-corrected chi connectivity index (χ4v) is 7.96. The van der Waals surface area contributed by atoms with E-state index in [-0.39, 0.29) is 17.2 Å². The predicted octanol–water partition coefficient (Wildman–Crippen LogP) is 4.72. The molecule has 3 saturated carbocycles. The number of aryl methyl sites for hydroxylation is 1. The topological polar surface area (TPSA) is 72.3 Å². The fraction of sp³-hybridized carbons (Fsp3) is 0.704. The van der Waals surface area contributed by atoms with Gasteiger partial charge in [0.15, 0.2) is 0 Å². The molecular weight excluding hydrogens is 368 g/mol. The molecule has 3 heteroatoms. The Morgan fingerprint density at radius 2 is 1.77 bits per heavy atom. The fourth-order valence-electron chi connectivity index (χ4n) is 7.96. The molecule has 1 aromatic rings. The van der Waals surface area contributed by atoms with E-state index in [0.29, 0.717) is 23.7 Å². The monoisotopic (exact) mass is 408 g/mol. The molecule has 3 nitrogen and oxygen atoms in total. The van der Waals surface area contributed by atoms with E-state index in [9.17, 15) is 5.11 Å². The lowest BCUT2D eigenvalue weighted by atomic mass is 9.51. The Kier molecular flexibility index (Phi) is 5.58. The molecule has 0 amide bonds. The lowest BCUT2D eigenvalue weighted by Gasteiger charge is -2.57. The van der Waals surface area contributed by atoms with E-state index >= 15 is 0 Å². The van der Waals surface area contributed by atoms with E-state index in [2.05, 4.69) is 36.4 Å². The van der Waals surface area contributed by atoms with Crippen molar-refractivity contribution in [3.05, 3.63) is 47.5 Å². The third kappa shape index (κ3) is 3.47. The second-order valence-electron chi connectivity index (χ2n) is 10.9. The van der Waals surface area contributed by atoms with Crippen LogP contribution in [0.25, 0.3) is 0 Å². The van der Waals surface area contributed by atoms with Gasteiger partial charge in [-0.25, -0.2) is 0 Å². The normalized spacial score (nSPS) is 42.8. The van der Waals surface area contributed by atoms with Gasteiger partial charge in [0.25, 0.3) is 0 Å². The zero-order chi connectivity index (χ0) is 20.8. The van der Waals surface area contributed by atoms with Gasteiger partial charge in [0.05, 0.1) is 6.10 Å². The highest BCUT2D eigenvalue weighted by Crippen LogP contribution is 2.59. The molecule has 5 rings (SSSR count). The van der Waals surface area contributed by atoms with Crippen LogP contribution in [0.1, 0.15) is 76.2 Å². The maximum absolute atomic E-state index is 10.1. The Hall–Kier alpha value is -1.16. The van der Waals surface area contributed by atoms with E-state index in [1.54, 1.807) is 0 Å². The van der Waals surface area contributed by atoms with Crippen molar-refractivity contribution in [2.75, 3.05) is 0 Å². The number of allylic oxidation sites excluding steroid dienone is 1. The maximum atomic E-state index is 10.1. The molecule has 0 aliphatic heterocycles. The summed E-state index contributed by atoms with van der Waals surface area (Å²) in [7, 11) is 0. The number of aliphatic hydroxyl groups is 1. The van der Waals surface area contributed by atoms with Crippen molar-refractivity contribution in [1.82, 2.24) is 0 Å². The van der Waals surface area contributed by atoms with Crippen LogP contribution in [-0.2, 0) is 6.42 Å². The molecule has 7 unspecified atom stereocenters.